The van der Waals surface area contributed by atoms with Crippen LogP contribution in [0.1, 0.15) is 94.9 Å². The maximum atomic E-state index is 11.7. The Balaban J connectivity index is 1.14. The third-order valence-corrected chi connectivity index (χ3v) is 21.7. The molecular formula is C49H68O7Si2. The zero-order valence-electron chi connectivity index (χ0n) is 36.6. The van der Waals surface area contributed by atoms with E-state index in [1.807, 2.05) is 39.8 Å². The van der Waals surface area contributed by atoms with Crippen LogP contribution in [0, 0.1) is 0 Å². The number of hydrogen-bond donors (Lipinski definition) is 1. The lowest BCUT2D eigenvalue weighted by Gasteiger charge is -2.47. The minimum atomic E-state index is -2.80. The summed E-state index contributed by atoms with van der Waals surface area (Å²) < 4.78 is 40.7. The summed E-state index contributed by atoms with van der Waals surface area (Å²) in [6.07, 6.45) is 1.11. The van der Waals surface area contributed by atoms with Crippen molar-refractivity contribution in [2.45, 2.75) is 147 Å². The van der Waals surface area contributed by atoms with Crippen LogP contribution in [0.5, 0.6) is 0 Å². The number of rotatable bonds is 14. The predicted octanol–water partition coefficient (Wildman–Crippen LogP) is 8.10. The van der Waals surface area contributed by atoms with Crippen molar-refractivity contribution in [1.82, 2.24) is 0 Å². The van der Waals surface area contributed by atoms with Gasteiger partial charge in [0.2, 0.25) is 0 Å². The van der Waals surface area contributed by atoms with E-state index in [-0.39, 0.29) is 41.1 Å². The van der Waals surface area contributed by atoms with Gasteiger partial charge in [0.1, 0.15) is 0 Å². The molecule has 0 amide bonds. The molecule has 1 N–H and O–H groups in total. The van der Waals surface area contributed by atoms with Gasteiger partial charge in [-0.15, -0.1) is 0 Å². The van der Waals surface area contributed by atoms with Gasteiger partial charge in [0.05, 0.1) is 43.7 Å². The summed E-state index contributed by atoms with van der Waals surface area (Å²) in [7, 11) is -5.55. The summed E-state index contributed by atoms with van der Waals surface area (Å²) in [5, 5.41) is 16.2. The van der Waals surface area contributed by atoms with E-state index in [0.717, 1.165) is 0 Å². The molecule has 7 nitrogen and oxygen atoms in total. The minimum absolute atomic E-state index is 0.112. The Labute approximate surface area is 350 Å². The third-order valence-electron chi connectivity index (χ3n) is 11.7. The van der Waals surface area contributed by atoms with Crippen LogP contribution in [-0.4, -0.2) is 77.0 Å². The molecule has 2 fully saturated rings. The van der Waals surface area contributed by atoms with Crippen LogP contribution in [-0.2, 0) is 27.8 Å². The average Bonchev–Trinajstić information content (AvgIpc) is 3.15. The summed E-state index contributed by atoms with van der Waals surface area (Å²) in [5.74, 6) is -1.62. The standard InChI is InChI=1S/C49H68O7Si2/c1-46(2,3)57(42-23-15-11-16-24-42,43-25-17-12-18-26-43)51-35-37(50)31-38-32-39(54-48(7,8)53-38)33-40-34-41(56-49(9,10)55-40)36-52-58(47(4,5)6,44-27-19-13-20-28-44)45-29-21-14-22-30-45/h11-30,37-41,50H,31-36H2,1-10H3/t37-,38-,39-,40-,41-/m0/s1. The van der Waals surface area contributed by atoms with Gasteiger partial charge >= 0.3 is 0 Å². The van der Waals surface area contributed by atoms with Gasteiger partial charge in [-0.25, -0.2) is 0 Å². The smallest absolute Gasteiger partial charge is 0.261 e. The Morgan fingerprint density at radius 2 is 0.862 bits per heavy atom. The molecule has 0 spiro atoms. The molecule has 4 aromatic rings. The van der Waals surface area contributed by atoms with Gasteiger partial charge < -0.3 is 32.9 Å². The first-order chi connectivity index (χ1) is 27.3. The second-order valence-electron chi connectivity index (χ2n) is 19.3. The van der Waals surface area contributed by atoms with E-state index in [1.165, 1.54) is 20.7 Å². The third kappa shape index (κ3) is 10.1. The zero-order chi connectivity index (χ0) is 41.8. The summed E-state index contributed by atoms with van der Waals surface area (Å²) >= 11 is 0. The predicted molar refractivity (Wildman–Crippen MR) is 239 cm³/mol. The van der Waals surface area contributed by atoms with Crippen LogP contribution in [0.2, 0.25) is 10.1 Å². The minimum Gasteiger partial charge on any atom is -0.405 e. The summed E-state index contributed by atoms with van der Waals surface area (Å²) in [6, 6.07) is 42.6. The fourth-order valence-electron chi connectivity index (χ4n) is 9.60. The molecule has 0 saturated carbocycles. The first-order valence-corrected chi connectivity index (χ1v) is 25.0. The molecule has 58 heavy (non-hydrogen) atoms. The van der Waals surface area contributed by atoms with Crippen LogP contribution < -0.4 is 20.7 Å². The first-order valence-electron chi connectivity index (χ1n) is 21.2. The molecule has 0 aliphatic carbocycles. The van der Waals surface area contributed by atoms with E-state index in [4.69, 9.17) is 27.8 Å². The van der Waals surface area contributed by atoms with Crippen molar-refractivity contribution in [2.75, 3.05) is 13.2 Å². The van der Waals surface area contributed by atoms with Crippen LogP contribution in [0.3, 0.4) is 0 Å². The Morgan fingerprint density at radius 1 is 0.534 bits per heavy atom. The van der Waals surface area contributed by atoms with Crippen molar-refractivity contribution < 1.29 is 32.9 Å². The monoisotopic (exact) mass is 824 g/mol. The molecule has 2 aliphatic heterocycles. The van der Waals surface area contributed by atoms with Crippen LogP contribution in [0.25, 0.3) is 0 Å². The molecule has 5 atom stereocenters. The highest BCUT2D eigenvalue weighted by atomic mass is 28.4. The van der Waals surface area contributed by atoms with Crippen molar-refractivity contribution in [1.29, 1.82) is 0 Å². The molecule has 4 aromatic carbocycles. The average molecular weight is 825 g/mol. The van der Waals surface area contributed by atoms with E-state index in [1.54, 1.807) is 0 Å². The Morgan fingerprint density at radius 3 is 1.24 bits per heavy atom. The second-order valence-corrected chi connectivity index (χ2v) is 27.9. The molecule has 6 rings (SSSR count). The quantitative estimate of drug-likeness (QED) is 0.129. The van der Waals surface area contributed by atoms with Gasteiger partial charge in [-0.3, -0.25) is 0 Å². The molecule has 0 radical (unpaired) electrons. The highest BCUT2D eigenvalue weighted by Gasteiger charge is 2.52. The van der Waals surface area contributed by atoms with Gasteiger partial charge in [-0.2, -0.15) is 0 Å². The summed E-state index contributed by atoms with van der Waals surface area (Å²) in [4.78, 5) is 0. The van der Waals surface area contributed by atoms with Gasteiger partial charge in [-0.05, 0) is 58.5 Å². The summed E-state index contributed by atoms with van der Waals surface area (Å²) in [5.41, 5.74) is 0. The van der Waals surface area contributed by atoms with Crippen molar-refractivity contribution in [3.05, 3.63) is 121 Å². The molecular weight excluding hydrogens is 757 g/mol. The molecule has 9 heteroatoms. The first kappa shape index (κ1) is 44.6. The lowest BCUT2D eigenvalue weighted by atomic mass is 9.96. The van der Waals surface area contributed by atoms with Crippen molar-refractivity contribution in [3.8, 4) is 0 Å². The van der Waals surface area contributed by atoms with Gasteiger partial charge in [-0.1, -0.05) is 163 Å². The molecule has 0 bridgehead atoms. The lowest BCUT2D eigenvalue weighted by Crippen LogP contribution is -2.67. The van der Waals surface area contributed by atoms with Crippen LogP contribution in [0.15, 0.2) is 121 Å². The molecule has 2 aliphatic rings. The Kier molecular flexibility index (Phi) is 13.8. The molecule has 0 aromatic heterocycles. The summed E-state index contributed by atoms with van der Waals surface area (Å²) in [6.45, 7) is 22.3. The fourth-order valence-corrected chi connectivity index (χ4v) is 18.8. The molecule has 2 saturated heterocycles. The fraction of sp³-hybridized carbons (Fsp3) is 0.510. The van der Waals surface area contributed by atoms with Crippen LogP contribution >= 0.6 is 0 Å². The number of hydrogen-bond acceptors (Lipinski definition) is 7. The van der Waals surface area contributed by atoms with Crippen molar-refractivity contribution in [2.24, 2.45) is 0 Å². The Bertz CT molecular complexity index is 1780. The lowest BCUT2D eigenvalue weighted by molar-refractivity contribution is -0.327. The van der Waals surface area contributed by atoms with Gasteiger partial charge in [0.15, 0.2) is 11.6 Å². The van der Waals surface area contributed by atoms with Crippen LogP contribution in [0.4, 0.5) is 0 Å². The van der Waals surface area contributed by atoms with E-state index in [9.17, 15) is 5.11 Å². The van der Waals surface area contributed by atoms with Gasteiger partial charge in [0.25, 0.3) is 16.6 Å². The highest BCUT2D eigenvalue weighted by Crippen LogP contribution is 2.40. The Hall–Kier alpha value is -2.97. The maximum Gasteiger partial charge on any atom is 0.261 e. The van der Waals surface area contributed by atoms with E-state index in [0.29, 0.717) is 32.3 Å². The zero-order valence-corrected chi connectivity index (χ0v) is 38.6. The number of aliphatic hydroxyl groups excluding tert-OH is 1. The normalized spacial score (nSPS) is 23.3. The molecule has 0 unspecified atom stereocenters. The van der Waals surface area contributed by atoms with Crippen molar-refractivity contribution >= 4 is 37.4 Å². The maximum absolute atomic E-state index is 11.7. The highest BCUT2D eigenvalue weighted by molar-refractivity contribution is 7.00. The number of ether oxygens (including phenoxy) is 4. The number of benzene rings is 4. The largest absolute Gasteiger partial charge is 0.405 e. The SMILES string of the molecule is CC1(C)O[C@@H](C[C@@H]2C[C@H](C[C@H](O)CO[Si](c3ccccc3)(c3ccccc3)C(C)(C)C)OC(C)(C)O2)C[C@@H](CO[Si](c2ccccc2)(c2ccccc2)C(C)(C)C)O1. The molecule has 314 valence electrons. The van der Waals surface area contributed by atoms with E-state index >= 15 is 0 Å². The van der Waals surface area contributed by atoms with E-state index < -0.39 is 34.3 Å². The topological polar surface area (TPSA) is 75.6 Å². The van der Waals surface area contributed by atoms with Gasteiger partial charge in [0, 0.05) is 25.7 Å². The second kappa shape index (κ2) is 17.9. The van der Waals surface area contributed by atoms with Crippen molar-refractivity contribution in [3.63, 3.8) is 0 Å². The number of aliphatic hydroxyl groups is 1. The molecule has 2 heterocycles. The van der Waals surface area contributed by atoms with E-state index in [2.05, 4.69) is 151 Å².